The molecule has 0 atom stereocenters. The normalized spacial score (nSPS) is 10.9. The molecule has 0 radical (unpaired) electrons. The molecule has 0 unspecified atom stereocenters. The maximum absolute atomic E-state index is 10.9. The number of benzene rings is 2. The van der Waals surface area contributed by atoms with Crippen LogP contribution >= 0.6 is 11.6 Å². The maximum atomic E-state index is 10.9. The Morgan fingerprint density at radius 3 is 2.64 bits per heavy atom. The average Bonchev–Trinajstić information content (AvgIpc) is 3.11. The first-order chi connectivity index (χ1) is 12.1. The molecule has 25 heavy (non-hydrogen) atoms. The highest BCUT2D eigenvalue weighted by molar-refractivity contribution is 6.31. The summed E-state index contributed by atoms with van der Waals surface area (Å²) in [5.74, 6) is -0.964. The van der Waals surface area contributed by atoms with Gasteiger partial charge in [-0.2, -0.15) is 0 Å². The lowest BCUT2D eigenvalue weighted by atomic mass is 10.1. The van der Waals surface area contributed by atoms with Crippen LogP contribution in [0.2, 0.25) is 5.02 Å². The van der Waals surface area contributed by atoms with Crippen molar-refractivity contribution in [2.75, 3.05) is 0 Å². The Kier molecular flexibility index (Phi) is 3.66. The monoisotopic (exact) mass is 350 g/mol. The summed E-state index contributed by atoms with van der Waals surface area (Å²) >= 11 is 6.11. The molecule has 0 bridgehead atoms. The van der Waals surface area contributed by atoms with E-state index in [9.17, 15) is 4.79 Å². The Hall–Kier alpha value is -3.25. The van der Waals surface area contributed by atoms with Crippen LogP contribution in [0.4, 0.5) is 0 Å². The quantitative estimate of drug-likeness (QED) is 0.607. The minimum atomic E-state index is -0.964. The molecule has 0 aliphatic rings. The number of aromatic carboxylic acids is 1. The number of nitrogens with zero attached hydrogens (tertiary/aromatic N) is 4. The number of aromatic nitrogens is 4. The van der Waals surface area contributed by atoms with E-state index < -0.39 is 5.97 Å². The highest BCUT2D eigenvalue weighted by Crippen LogP contribution is 2.25. The number of carboxylic acids is 1. The fraction of sp³-hybridized carbons (Fsp3) is 0. The van der Waals surface area contributed by atoms with Gasteiger partial charge in [0.05, 0.1) is 23.6 Å². The fourth-order valence-corrected chi connectivity index (χ4v) is 2.77. The summed E-state index contributed by atoms with van der Waals surface area (Å²) in [6.45, 7) is 0. The maximum Gasteiger partial charge on any atom is 0.335 e. The summed E-state index contributed by atoms with van der Waals surface area (Å²) in [6.07, 6.45) is 5.23. The summed E-state index contributed by atoms with van der Waals surface area (Å²) < 4.78 is 1.63. The van der Waals surface area contributed by atoms with Crippen molar-refractivity contribution in [3.63, 3.8) is 0 Å². The first kappa shape index (κ1) is 15.3. The second kappa shape index (κ2) is 5.99. The van der Waals surface area contributed by atoms with E-state index in [4.69, 9.17) is 16.7 Å². The Balaban J connectivity index is 1.77. The number of carboxylic acid groups (broad SMARTS) is 1. The highest BCUT2D eigenvalue weighted by Gasteiger charge is 2.10. The average molecular weight is 351 g/mol. The molecule has 122 valence electrons. The van der Waals surface area contributed by atoms with Gasteiger partial charge in [0.1, 0.15) is 5.69 Å². The van der Waals surface area contributed by atoms with Crippen molar-refractivity contribution in [1.82, 2.24) is 20.0 Å². The van der Waals surface area contributed by atoms with Gasteiger partial charge < -0.3 is 5.11 Å². The van der Waals surface area contributed by atoms with E-state index in [0.717, 1.165) is 22.0 Å². The molecule has 4 aromatic rings. The smallest absolute Gasteiger partial charge is 0.335 e. The largest absolute Gasteiger partial charge is 0.478 e. The van der Waals surface area contributed by atoms with Crippen LogP contribution < -0.4 is 0 Å². The molecule has 6 nitrogen and oxygen atoms in total. The van der Waals surface area contributed by atoms with E-state index in [1.165, 1.54) is 12.1 Å². The Morgan fingerprint density at radius 2 is 1.88 bits per heavy atom. The molecule has 1 N–H and O–H groups in total. The van der Waals surface area contributed by atoms with Crippen molar-refractivity contribution in [3.8, 4) is 16.9 Å². The van der Waals surface area contributed by atoms with Gasteiger partial charge in [0.25, 0.3) is 0 Å². The zero-order valence-electron chi connectivity index (χ0n) is 12.8. The summed E-state index contributed by atoms with van der Waals surface area (Å²) in [6, 6.07) is 12.1. The Morgan fingerprint density at radius 1 is 1.08 bits per heavy atom. The third-order valence-corrected chi connectivity index (χ3v) is 4.10. The number of hydrogen-bond donors (Lipinski definition) is 1. The second-order valence-corrected chi connectivity index (χ2v) is 5.89. The number of fused-ring (bicyclic) bond motifs is 1. The zero-order valence-corrected chi connectivity index (χ0v) is 13.6. The van der Waals surface area contributed by atoms with Crippen LogP contribution in [-0.2, 0) is 0 Å². The number of hydrogen-bond acceptors (Lipinski definition) is 4. The second-order valence-electron chi connectivity index (χ2n) is 5.45. The Labute approximate surface area is 147 Å². The Bertz CT molecular complexity index is 1090. The summed E-state index contributed by atoms with van der Waals surface area (Å²) in [5, 5.41) is 19.8. The van der Waals surface area contributed by atoms with Gasteiger partial charge in [0.2, 0.25) is 0 Å². The molecule has 7 heteroatoms. The van der Waals surface area contributed by atoms with E-state index >= 15 is 0 Å². The molecule has 0 saturated heterocycles. The molecule has 0 spiro atoms. The van der Waals surface area contributed by atoms with Gasteiger partial charge in [-0.3, -0.25) is 4.98 Å². The number of pyridine rings is 1. The van der Waals surface area contributed by atoms with Gasteiger partial charge in [-0.05, 0) is 24.3 Å². The lowest BCUT2D eigenvalue weighted by Gasteiger charge is -2.05. The van der Waals surface area contributed by atoms with Crippen molar-refractivity contribution in [2.24, 2.45) is 0 Å². The van der Waals surface area contributed by atoms with Gasteiger partial charge >= 0.3 is 5.97 Å². The zero-order chi connectivity index (χ0) is 17.4. The predicted octanol–water partition coefficient (Wildman–Crippen LogP) is 3.83. The van der Waals surface area contributed by atoms with E-state index in [-0.39, 0.29) is 5.56 Å². The number of carbonyl (C=O) groups is 1. The van der Waals surface area contributed by atoms with Crippen molar-refractivity contribution >= 4 is 28.3 Å². The third kappa shape index (κ3) is 2.83. The molecule has 2 aromatic carbocycles. The number of halogens is 1. The van der Waals surface area contributed by atoms with Crippen LogP contribution in [0.15, 0.2) is 61.1 Å². The molecular weight excluding hydrogens is 340 g/mol. The first-order valence-electron chi connectivity index (χ1n) is 7.41. The molecule has 4 rings (SSSR count). The molecule has 0 fully saturated rings. The van der Waals surface area contributed by atoms with E-state index in [0.29, 0.717) is 10.7 Å². The van der Waals surface area contributed by atoms with Gasteiger partial charge in [-0.1, -0.05) is 35.0 Å². The molecule has 0 saturated carbocycles. The highest BCUT2D eigenvalue weighted by atomic mass is 35.5. The first-order valence-corrected chi connectivity index (χ1v) is 7.79. The van der Waals surface area contributed by atoms with Crippen LogP contribution in [0.5, 0.6) is 0 Å². The minimum absolute atomic E-state index is 0.226. The van der Waals surface area contributed by atoms with Crippen LogP contribution in [0, 0.1) is 0 Å². The topological polar surface area (TPSA) is 80.9 Å². The summed E-state index contributed by atoms with van der Waals surface area (Å²) in [4.78, 5) is 15.2. The lowest BCUT2D eigenvalue weighted by molar-refractivity contribution is 0.0697. The van der Waals surface area contributed by atoms with Crippen molar-refractivity contribution in [2.45, 2.75) is 0 Å². The molecule has 2 heterocycles. The van der Waals surface area contributed by atoms with Gasteiger partial charge in [0.15, 0.2) is 0 Å². The number of rotatable bonds is 3. The fourth-order valence-electron chi connectivity index (χ4n) is 2.60. The van der Waals surface area contributed by atoms with Gasteiger partial charge in [-0.25, -0.2) is 9.48 Å². The van der Waals surface area contributed by atoms with Gasteiger partial charge in [-0.15, -0.1) is 5.10 Å². The molecule has 0 amide bonds. The predicted molar refractivity (Wildman–Crippen MR) is 94.1 cm³/mol. The molecule has 0 aliphatic carbocycles. The van der Waals surface area contributed by atoms with Crippen LogP contribution in [0.3, 0.4) is 0 Å². The van der Waals surface area contributed by atoms with Crippen LogP contribution in [0.1, 0.15) is 10.4 Å². The van der Waals surface area contributed by atoms with Crippen molar-refractivity contribution < 1.29 is 9.90 Å². The third-order valence-electron chi connectivity index (χ3n) is 3.87. The van der Waals surface area contributed by atoms with Gasteiger partial charge in [0, 0.05) is 27.6 Å². The van der Waals surface area contributed by atoms with E-state index in [1.807, 2.05) is 18.2 Å². The minimum Gasteiger partial charge on any atom is -0.478 e. The molecule has 0 aliphatic heterocycles. The summed E-state index contributed by atoms with van der Waals surface area (Å²) in [7, 11) is 0. The van der Waals surface area contributed by atoms with E-state index in [2.05, 4.69) is 15.3 Å². The SMILES string of the molecule is O=C(O)c1ccc(-c2cn(-c3cncc4ccc(Cl)cc34)nn2)cc1. The van der Waals surface area contributed by atoms with Crippen LogP contribution in [0.25, 0.3) is 27.7 Å². The standard InChI is InChI=1S/C18H11ClN4O2/c19-14-6-5-13-8-20-9-17(15(13)7-14)23-10-16(21-22-23)11-1-3-12(4-2-11)18(24)25/h1-10H,(H,24,25). The van der Waals surface area contributed by atoms with Crippen molar-refractivity contribution in [1.29, 1.82) is 0 Å². The summed E-state index contributed by atoms with van der Waals surface area (Å²) in [5.41, 5.74) is 2.41. The lowest BCUT2D eigenvalue weighted by Crippen LogP contribution is -1.97. The van der Waals surface area contributed by atoms with Crippen molar-refractivity contribution in [3.05, 3.63) is 71.6 Å². The van der Waals surface area contributed by atoms with Crippen LogP contribution in [-0.4, -0.2) is 31.1 Å². The van der Waals surface area contributed by atoms with E-state index in [1.54, 1.807) is 35.4 Å². The molecule has 2 aromatic heterocycles. The molecular formula is C18H11ClN4O2.